The normalized spacial score (nSPS) is 22.4. The van der Waals surface area contributed by atoms with Gasteiger partial charge in [0, 0.05) is 35.2 Å². The molecule has 0 spiro atoms. The van der Waals surface area contributed by atoms with E-state index >= 15 is 0 Å². The maximum Gasteiger partial charge on any atom is 0.128 e. The number of piperidine rings is 1. The van der Waals surface area contributed by atoms with E-state index < -0.39 is 0 Å². The molecule has 0 aromatic heterocycles. The molecule has 1 saturated carbocycles. The summed E-state index contributed by atoms with van der Waals surface area (Å²) in [5.41, 5.74) is 0.800. The highest BCUT2D eigenvalue weighted by atomic mass is 79.9. The van der Waals surface area contributed by atoms with Gasteiger partial charge in [0.1, 0.15) is 5.82 Å². The lowest BCUT2D eigenvalue weighted by Crippen LogP contribution is -2.44. The topological polar surface area (TPSA) is 15.3 Å². The molecule has 0 amide bonds. The molecule has 2 nitrogen and oxygen atoms in total. The van der Waals surface area contributed by atoms with Gasteiger partial charge < -0.3 is 5.32 Å². The van der Waals surface area contributed by atoms with Crippen LogP contribution in [0.2, 0.25) is 0 Å². The third-order valence-electron chi connectivity index (χ3n) is 4.88. The van der Waals surface area contributed by atoms with Gasteiger partial charge in [-0.15, -0.1) is 0 Å². The lowest BCUT2D eigenvalue weighted by atomic mass is 10.00. The van der Waals surface area contributed by atoms with Crippen molar-refractivity contribution in [2.24, 2.45) is 5.92 Å². The van der Waals surface area contributed by atoms with Crippen LogP contribution in [0.15, 0.2) is 22.7 Å². The van der Waals surface area contributed by atoms with Gasteiger partial charge >= 0.3 is 0 Å². The molecule has 21 heavy (non-hydrogen) atoms. The fraction of sp³-hybridized carbons (Fsp3) is 0.647. The lowest BCUT2D eigenvalue weighted by Gasteiger charge is -2.36. The minimum absolute atomic E-state index is 0.0975. The first-order chi connectivity index (χ1) is 10.1. The fourth-order valence-electron chi connectivity index (χ4n) is 3.18. The molecular formula is C17H24BrFN2. The van der Waals surface area contributed by atoms with E-state index in [2.05, 4.69) is 33.1 Å². The highest BCUT2D eigenvalue weighted by Gasteiger charge is 2.27. The Balaban J connectivity index is 1.54. The van der Waals surface area contributed by atoms with Gasteiger partial charge in [0.25, 0.3) is 0 Å². The molecule has 1 unspecified atom stereocenters. The van der Waals surface area contributed by atoms with E-state index in [0.717, 1.165) is 29.0 Å². The number of rotatable bonds is 5. The van der Waals surface area contributed by atoms with Crippen molar-refractivity contribution in [3.8, 4) is 0 Å². The number of nitrogens with one attached hydrogen (secondary N) is 1. The van der Waals surface area contributed by atoms with E-state index in [-0.39, 0.29) is 11.9 Å². The van der Waals surface area contributed by atoms with Gasteiger partial charge in [0.2, 0.25) is 0 Å². The van der Waals surface area contributed by atoms with Crippen molar-refractivity contribution < 1.29 is 4.39 Å². The third kappa shape index (κ3) is 4.05. The molecule has 1 aliphatic heterocycles. The number of halogens is 2. The summed E-state index contributed by atoms with van der Waals surface area (Å²) in [6.07, 6.45) is 5.16. The first kappa shape index (κ1) is 15.4. The number of likely N-dealkylation sites (tertiary alicyclic amines) is 1. The average molecular weight is 355 g/mol. The summed E-state index contributed by atoms with van der Waals surface area (Å²) >= 11 is 3.44. The van der Waals surface area contributed by atoms with E-state index in [4.69, 9.17) is 0 Å². The van der Waals surface area contributed by atoms with Gasteiger partial charge in [-0.1, -0.05) is 15.9 Å². The number of benzene rings is 1. The molecule has 116 valence electrons. The summed E-state index contributed by atoms with van der Waals surface area (Å²) in [5.74, 6) is 0.845. The van der Waals surface area contributed by atoms with Gasteiger partial charge in [0.05, 0.1) is 0 Å². The summed E-state index contributed by atoms with van der Waals surface area (Å²) in [5, 5.41) is 3.70. The zero-order valence-corrected chi connectivity index (χ0v) is 14.2. The summed E-state index contributed by atoms with van der Waals surface area (Å²) in [4.78, 5) is 2.40. The molecule has 4 heteroatoms. The molecule has 1 heterocycles. The molecule has 0 radical (unpaired) electrons. The molecule has 1 aromatic carbocycles. The molecule has 3 rings (SSSR count). The van der Waals surface area contributed by atoms with Gasteiger partial charge in [-0.05, 0) is 63.3 Å². The van der Waals surface area contributed by atoms with E-state index in [1.54, 1.807) is 12.1 Å². The van der Waals surface area contributed by atoms with Crippen molar-refractivity contribution in [3.63, 3.8) is 0 Å². The zero-order valence-electron chi connectivity index (χ0n) is 12.6. The Bertz CT molecular complexity index is 482. The Morgan fingerprint density at radius 3 is 2.67 bits per heavy atom. The van der Waals surface area contributed by atoms with Gasteiger partial charge in [-0.25, -0.2) is 4.39 Å². The maximum atomic E-state index is 14.0. The highest BCUT2D eigenvalue weighted by molar-refractivity contribution is 9.10. The molecule has 0 bridgehead atoms. The van der Waals surface area contributed by atoms with Crippen LogP contribution in [0.3, 0.4) is 0 Å². The zero-order chi connectivity index (χ0) is 14.8. The Morgan fingerprint density at radius 1 is 1.29 bits per heavy atom. The summed E-state index contributed by atoms with van der Waals surface area (Å²) in [6.45, 7) is 5.41. The van der Waals surface area contributed by atoms with Crippen molar-refractivity contribution in [1.82, 2.24) is 10.2 Å². The van der Waals surface area contributed by atoms with Gasteiger partial charge in [0.15, 0.2) is 0 Å². The van der Waals surface area contributed by atoms with Crippen molar-refractivity contribution >= 4 is 15.9 Å². The standard InChI is InChI=1S/C17H24BrFN2/c1-12(16-10-14(18)4-5-17(16)19)21-8-6-15(7-9-21)20-11-13-2-3-13/h4-5,10,12-13,15,20H,2-3,6-9,11H2,1H3. The van der Waals surface area contributed by atoms with Crippen LogP contribution in [-0.4, -0.2) is 30.6 Å². The Hall–Kier alpha value is -0.450. The van der Waals surface area contributed by atoms with Crippen LogP contribution in [-0.2, 0) is 0 Å². The molecule has 2 fully saturated rings. The van der Waals surface area contributed by atoms with Crippen molar-refractivity contribution in [1.29, 1.82) is 0 Å². The minimum atomic E-state index is -0.0975. The Kier molecular flexibility index (Phi) is 4.97. The van der Waals surface area contributed by atoms with Crippen LogP contribution in [0.4, 0.5) is 4.39 Å². The van der Waals surface area contributed by atoms with E-state index in [0.29, 0.717) is 6.04 Å². The summed E-state index contributed by atoms with van der Waals surface area (Å²) in [6, 6.07) is 6.03. The minimum Gasteiger partial charge on any atom is -0.314 e. The van der Waals surface area contributed by atoms with Crippen LogP contribution < -0.4 is 5.32 Å². The maximum absolute atomic E-state index is 14.0. The largest absolute Gasteiger partial charge is 0.314 e. The molecule has 1 aromatic rings. The van der Waals surface area contributed by atoms with Crippen LogP contribution in [0.5, 0.6) is 0 Å². The predicted octanol–water partition coefficient (Wildman–Crippen LogP) is 4.11. The molecule has 1 atom stereocenters. The van der Waals surface area contributed by atoms with Crippen molar-refractivity contribution in [3.05, 3.63) is 34.1 Å². The van der Waals surface area contributed by atoms with Crippen LogP contribution >= 0.6 is 15.9 Å². The monoisotopic (exact) mass is 354 g/mol. The summed E-state index contributed by atoms with van der Waals surface area (Å²) < 4.78 is 15.0. The number of nitrogens with zero attached hydrogens (tertiary/aromatic N) is 1. The van der Waals surface area contributed by atoms with Crippen LogP contribution in [0.1, 0.15) is 44.2 Å². The van der Waals surface area contributed by atoms with Crippen LogP contribution in [0, 0.1) is 11.7 Å². The van der Waals surface area contributed by atoms with E-state index in [1.807, 2.05) is 6.07 Å². The van der Waals surface area contributed by atoms with E-state index in [9.17, 15) is 4.39 Å². The Morgan fingerprint density at radius 2 is 2.00 bits per heavy atom. The van der Waals surface area contributed by atoms with Crippen molar-refractivity contribution in [2.45, 2.75) is 44.7 Å². The van der Waals surface area contributed by atoms with E-state index in [1.165, 1.54) is 32.2 Å². The first-order valence-electron chi connectivity index (χ1n) is 8.06. The first-order valence-corrected chi connectivity index (χ1v) is 8.85. The van der Waals surface area contributed by atoms with Crippen molar-refractivity contribution in [2.75, 3.05) is 19.6 Å². The van der Waals surface area contributed by atoms with Crippen LogP contribution in [0.25, 0.3) is 0 Å². The Labute approximate surface area is 135 Å². The number of hydrogen-bond donors (Lipinski definition) is 1. The molecule has 2 aliphatic rings. The third-order valence-corrected chi connectivity index (χ3v) is 5.37. The smallest absolute Gasteiger partial charge is 0.128 e. The highest BCUT2D eigenvalue weighted by Crippen LogP contribution is 2.30. The second kappa shape index (κ2) is 6.76. The molecule has 1 N–H and O–H groups in total. The molecular weight excluding hydrogens is 331 g/mol. The lowest BCUT2D eigenvalue weighted by molar-refractivity contribution is 0.150. The average Bonchev–Trinajstić information content (AvgIpc) is 3.32. The quantitative estimate of drug-likeness (QED) is 0.855. The van der Waals surface area contributed by atoms with Gasteiger partial charge in [-0.2, -0.15) is 0 Å². The second-order valence-corrected chi connectivity index (χ2v) is 7.42. The van der Waals surface area contributed by atoms with Gasteiger partial charge in [-0.3, -0.25) is 4.90 Å². The molecule has 1 saturated heterocycles. The SMILES string of the molecule is CC(c1cc(Br)ccc1F)N1CCC(NCC2CC2)CC1. The molecule has 1 aliphatic carbocycles. The summed E-state index contributed by atoms with van der Waals surface area (Å²) in [7, 11) is 0. The number of hydrogen-bond acceptors (Lipinski definition) is 2. The second-order valence-electron chi connectivity index (χ2n) is 6.50. The predicted molar refractivity (Wildman–Crippen MR) is 87.8 cm³/mol. The fourth-order valence-corrected chi connectivity index (χ4v) is 3.56.